The molecule has 0 spiro atoms. The molecule has 0 saturated carbocycles. The maximum Gasteiger partial charge on any atom is 0.276 e. The molecule has 0 aliphatic rings. The van der Waals surface area contributed by atoms with Crippen molar-refractivity contribution >= 4 is 21.6 Å². The third-order valence-electron chi connectivity index (χ3n) is 2.75. The van der Waals surface area contributed by atoms with Gasteiger partial charge in [-0.25, -0.2) is 8.42 Å². The number of ether oxygens (including phenoxy) is 2. The Morgan fingerprint density at radius 2 is 2.05 bits per heavy atom. The zero-order valence-corrected chi connectivity index (χ0v) is 13.4. The Hall–Kier alpha value is -0.600. The molecule has 0 amide bonds. The molecule has 1 unspecified atom stereocenters. The van der Waals surface area contributed by atoms with E-state index in [0.717, 1.165) is 0 Å². The number of furan rings is 1. The van der Waals surface area contributed by atoms with Gasteiger partial charge in [-0.05, 0) is 19.1 Å². The van der Waals surface area contributed by atoms with Crippen molar-refractivity contribution in [2.45, 2.75) is 23.9 Å². The van der Waals surface area contributed by atoms with Crippen molar-refractivity contribution in [1.82, 2.24) is 4.31 Å². The van der Waals surface area contributed by atoms with Crippen LogP contribution in [0.1, 0.15) is 12.7 Å². The van der Waals surface area contributed by atoms with Gasteiger partial charge in [-0.2, -0.15) is 4.31 Å². The summed E-state index contributed by atoms with van der Waals surface area (Å²) in [6.45, 7) is 2.56. The summed E-state index contributed by atoms with van der Waals surface area (Å²) in [5, 5.41) is -0.118. The van der Waals surface area contributed by atoms with Crippen molar-refractivity contribution < 1.29 is 22.3 Å². The first-order valence-corrected chi connectivity index (χ1v) is 8.09. The van der Waals surface area contributed by atoms with Crippen LogP contribution in [0.4, 0.5) is 0 Å². The van der Waals surface area contributed by atoms with Crippen LogP contribution < -0.4 is 0 Å². The van der Waals surface area contributed by atoms with E-state index >= 15 is 0 Å². The summed E-state index contributed by atoms with van der Waals surface area (Å²) in [5.41, 5.74) is 0. The summed E-state index contributed by atoms with van der Waals surface area (Å²) in [7, 11) is -0.694. The minimum Gasteiger partial charge on any atom is -0.447 e. The molecule has 0 radical (unpaired) electrons. The van der Waals surface area contributed by atoms with Gasteiger partial charge in [-0.1, -0.05) is 0 Å². The average Bonchev–Trinajstić information content (AvgIpc) is 2.88. The molecule has 0 aromatic carbocycles. The van der Waals surface area contributed by atoms with Crippen LogP contribution in [0.3, 0.4) is 0 Å². The zero-order valence-electron chi connectivity index (χ0n) is 11.8. The summed E-state index contributed by atoms with van der Waals surface area (Å²) in [5.74, 6) is 0.539. The first kappa shape index (κ1) is 17.5. The fourth-order valence-corrected chi connectivity index (χ4v) is 3.44. The van der Waals surface area contributed by atoms with E-state index in [1.807, 2.05) is 0 Å². The lowest BCUT2D eigenvalue weighted by Crippen LogP contribution is -2.42. The lowest BCUT2D eigenvalue weighted by atomic mass is 10.3. The number of nitrogens with zero attached hydrogens (tertiary/aromatic N) is 1. The summed E-state index contributed by atoms with van der Waals surface area (Å²) < 4.78 is 41.7. The van der Waals surface area contributed by atoms with Gasteiger partial charge in [0.15, 0.2) is 0 Å². The topological polar surface area (TPSA) is 69.0 Å². The second-order valence-electron chi connectivity index (χ2n) is 4.27. The molecule has 0 N–H and O–H groups in total. The minimum absolute atomic E-state index is 0.118. The SMILES string of the molecule is COCCN(C(C)COC)S(=O)(=O)c1ccc(CCl)o1. The maximum atomic E-state index is 12.6. The predicted octanol–water partition coefficient (Wildman–Crippen LogP) is 1.69. The molecule has 1 aromatic rings. The Labute approximate surface area is 124 Å². The summed E-state index contributed by atoms with van der Waals surface area (Å²) in [6.07, 6.45) is 0. The zero-order chi connectivity index (χ0) is 15.2. The fourth-order valence-electron chi connectivity index (χ4n) is 1.77. The van der Waals surface area contributed by atoms with E-state index in [1.54, 1.807) is 13.0 Å². The molecule has 116 valence electrons. The van der Waals surface area contributed by atoms with E-state index in [-0.39, 0.29) is 36.8 Å². The summed E-state index contributed by atoms with van der Waals surface area (Å²) in [4.78, 5) is 0. The highest BCUT2D eigenvalue weighted by molar-refractivity contribution is 7.89. The van der Waals surface area contributed by atoms with Crippen LogP contribution in [0, 0.1) is 0 Å². The minimum atomic E-state index is -3.74. The summed E-state index contributed by atoms with van der Waals surface area (Å²) in [6, 6.07) is 2.63. The molecule has 0 aliphatic heterocycles. The number of hydrogen-bond donors (Lipinski definition) is 0. The summed E-state index contributed by atoms with van der Waals surface area (Å²) >= 11 is 5.62. The Bertz CT molecular complexity index is 502. The Morgan fingerprint density at radius 3 is 2.55 bits per heavy atom. The highest BCUT2D eigenvalue weighted by Gasteiger charge is 2.31. The number of rotatable bonds is 9. The molecule has 1 heterocycles. The molecule has 8 heteroatoms. The molecule has 0 fully saturated rings. The second-order valence-corrected chi connectivity index (χ2v) is 6.36. The van der Waals surface area contributed by atoms with Gasteiger partial charge >= 0.3 is 0 Å². The van der Waals surface area contributed by atoms with Gasteiger partial charge in [-0.3, -0.25) is 0 Å². The van der Waals surface area contributed by atoms with Crippen LogP contribution in [0.2, 0.25) is 0 Å². The van der Waals surface area contributed by atoms with Crippen LogP contribution in [0.25, 0.3) is 0 Å². The van der Waals surface area contributed by atoms with Gasteiger partial charge in [0.25, 0.3) is 10.0 Å². The normalized spacial score (nSPS) is 13.8. The lowest BCUT2D eigenvalue weighted by molar-refractivity contribution is 0.118. The standard InChI is InChI=1S/C12H20ClNO5S/c1-10(9-18-3)14(6-7-17-2)20(15,16)12-5-4-11(8-13)19-12/h4-5,10H,6-9H2,1-3H3. The molecule has 1 rings (SSSR count). The van der Waals surface area contributed by atoms with Crippen molar-refractivity contribution in [1.29, 1.82) is 0 Å². The second kappa shape index (κ2) is 7.99. The van der Waals surface area contributed by atoms with Crippen LogP contribution >= 0.6 is 11.6 Å². The van der Waals surface area contributed by atoms with Gasteiger partial charge in [0, 0.05) is 26.8 Å². The third kappa shape index (κ3) is 4.20. The van der Waals surface area contributed by atoms with E-state index in [1.165, 1.54) is 24.6 Å². The molecule has 20 heavy (non-hydrogen) atoms. The van der Waals surface area contributed by atoms with Crippen LogP contribution in [-0.2, 0) is 25.4 Å². The van der Waals surface area contributed by atoms with Gasteiger partial charge in [0.2, 0.25) is 5.09 Å². The number of hydrogen-bond acceptors (Lipinski definition) is 5. The van der Waals surface area contributed by atoms with Gasteiger partial charge in [0.05, 0.1) is 19.1 Å². The van der Waals surface area contributed by atoms with Crippen LogP contribution in [-0.4, -0.2) is 52.7 Å². The molecular formula is C12H20ClNO5S. The van der Waals surface area contributed by atoms with E-state index in [0.29, 0.717) is 5.76 Å². The number of sulfonamides is 1. The smallest absolute Gasteiger partial charge is 0.276 e. The first-order chi connectivity index (χ1) is 9.47. The van der Waals surface area contributed by atoms with E-state index in [2.05, 4.69) is 0 Å². The Balaban J connectivity index is 3.02. The largest absolute Gasteiger partial charge is 0.447 e. The number of methoxy groups -OCH3 is 2. The molecule has 0 aliphatic carbocycles. The van der Waals surface area contributed by atoms with E-state index < -0.39 is 10.0 Å². The van der Waals surface area contributed by atoms with Crippen LogP contribution in [0.5, 0.6) is 0 Å². The molecule has 0 saturated heterocycles. The van der Waals surface area contributed by atoms with Crippen molar-refractivity contribution in [2.75, 3.05) is 34.0 Å². The monoisotopic (exact) mass is 325 g/mol. The average molecular weight is 326 g/mol. The molecule has 6 nitrogen and oxygen atoms in total. The number of alkyl halides is 1. The quantitative estimate of drug-likeness (QED) is 0.646. The predicted molar refractivity (Wildman–Crippen MR) is 75.4 cm³/mol. The van der Waals surface area contributed by atoms with E-state index in [9.17, 15) is 8.42 Å². The van der Waals surface area contributed by atoms with E-state index in [4.69, 9.17) is 25.5 Å². The van der Waals surface area contributed by atoms with Crippen molar-refractivity contribution in [3.05, 3.63) is 17.9 Å². The maximum absolute atomic E-state index is 12.6. The first-order valence-electron chi connectivity index (χ1n) is 6.11. The van der Waals surface area contributed by atoms with Gasteiger partial charge in [-0.15, -0.1) is 11.6 Å². The highest BCUT2D eigenvalue weighted by Crippen LogP contribution is 2.21. The van der Waals surface area contributed by atoms with Crippen molar-refractivity contribution in [3.8, 4) is 0 Å². The molecule has 1 aromatic heterocycles. The van der Waals surface area contributed by atoms with Gasteiger partial charge in [0.1, 0.15) is 5.76 Å². The molecule has 0 bridgehead atoms. The highest BCUT2D eigenvalue weighted by atomic mass is 35.5. The molecule has 1 atom stereocenters. The van der Waals surface area contributed by atoms with Crippen molar-refractivity contribution in [3.63, 3.8) is 0 Å². The number of halogens is 1. The molecular weight excluding hydrogens is 306 g/mol. The van der Waals surface area contributed by atoms with Crippen molar-refractivity contribution in [2.24, 2.45) is 0 Å². The van der Waals surface area contributed by atoms with Crippen LogP contribution in [0.15, 0.2) is 21.6 Å². The van der Waals surface area contributed by atoms with Gasteiger partial charge < -0.3 is 13.9 Å². The Morgan fingerprint density at radius 1 is 1.35 bits per heavy atom. The lowest BCUT2D eigenvalue weighted by Gasteiger charge is -2.26. The Kier molecular flexibility index (Phi) is 6.97. The third-order valence-corrected chi connectivity index (χ3v) is 4.90. The fraction of sp³-hybridized carbons (Fsp3) is 0.667.